The van der Waals surface area contributed by atoms with E-state index < -0.39 is 0 Å². The smallest absolute Gasteiger partial charge is 0.162 e. The van der Waals surface area contributed by atoms with E-state index >= 15 is 0 Å². The molecule has 0 N–H and O–H groups in total. The zero-order valence-electron chi connectivity index (χ0n) is 26.4. The lowest BCUT2D eigenvalue weighted by atomic mass is 10.1. The van der Waals surface area contributed by atoms with Crippen LogP contribution in [0.2, 0.25) is 0 Å². The van der Waals surface area contributed by atoms with Crippen LogP contribution in [0.4, 0.5) is 0 Å². The number of nitrogens with zero attached hydrogens (tertiary/aromatic N) is 3. The summed E-state index contributed by atoms with van der Waals surface area (Å²) in [7, 11) is 0. The molecule has 230 valence electrons. The van der Waals surface area contributed by atoms with Gasteiger partial charge in [-0.25, -0.2) is 4.98 Å². The Hall–Kier alpha value is -4.29. The molecule has 0 aliphatic carbocycles. The van der Waals surface area contributed by atoms with Crippen molar-refractivity contribution in [3.05, 3.63) is 108 Å². The SMILES string of the molecule is CCCCn1c(-c2ccc(OCc3ccccc3)c(OCc3ccccc3)c2)nc2ccc(OCCCN(CC)CC)cc21. The first-order valence-corrected chi connectivity index (χ1v) is 16.0. The summed E-state index contributed by atoms with van der Waals surface area (Å²) in [5.41, 5.74) is 5.26. The van der Waals surface area contributed by atoms with Crippen LogP contribution in [-0.4, -0.2) is 40.7 Å². The summed E-state index contributed by atoms with van der Waals surface area (Å²) >= 11 is 0. The summed E-state index contributed by atoms with van der Waals surface area (Å²) in [6, 6.07) is 32.8. The van der Waals surface area contributed by atoms with Crippen LogP contribution in [0.15, 0.2) is 97.1 Å². The van der Waals surface area contributed by atoms with E-state index in [2.05, 4.69) is 78.8 Å². The van der Waals surface area contributed by atoms with E-state index in [1.165, 1.54) is 0 Å². The second kappa shape index (κ2) is 16.0. The van der Waals surface area contributed by atoms with E-state index in [-0.39, 0.29) is 0 Å². The summed E-state index contributed by atoms with van der Waals surface area (Å²) < 4.78 is 21.2. The van der Waals surface area contributed by atoms with Gasteiger partial charge < -0.3 is 23.7 Å². The standard InChI is InChI=1S/C38H45N3O3/c1-4-7-24-41-35-27-33(42-25-14-23-40(5-2)6-3)20-21-34(35)39-38(41)32-19-22-36(43-28-30-15-10-8-11-16-30)37(26-32)44-29-31-17-12-9-13-18-31/h8-13,15-22,26-27H,4-7,14,23-25,28-29H2,1-3H3. The third-order valence-electron chi connectivity index (χ3n) is 7.91. The van der Waals surface area contributed by atoms with Crippen LogP contribution in [0.3, 0.4) is 0 Å². The summed E-state index contributed by atoms with van der Waals surface area (Å²) in [4.78, 5) is 7.53. The van der Waals surface area contributed by atoms with Gasteiger partial charge in [0.15, 0.2) is 11.5 Å². The van der Waals surface area contributed by atoms with Crippen LogP contribution in [-0.2, 0) is 19.8 Å². The Bertz CT molecular complexity index is 1580. The quantitative estimate of drug-likeness (QED) is 0.101. The van der Waals surface area contributed by atoms with Gasteiger partial charge in [0, 0.05) is 24.7 Å². The molecule has 0 radical (unpaired) electrons. The minimum Gasteiger partial charge on any atom is -0.493 e. The molecule has 1 aromatic heterocycles. The van der Waals surface area contributed by atoms with Gasteiger partial charge in [-0.15, -0.1) is 0 Å². The van der Waals surface area contributed by atoms with Crippen molar-refractivity contribution in [2.45, 2.75) is 59.8 Å². The van der Waals surface area contributed by atoms with Crippen LogP contribution in [0.1, 0.15) is 51.2 Å². The number of aryl methyl sites for hydroxylation is 1. The van der Waals surface area contributed by atoms with Crippen molar-refractivity contribution in [2.24, 2.45) is 0 Å². The van der Waals surface area contributed by atoms with Gasteiger partial charge in [-0.2, -0.15) is 0 Å². The summed E-state index contributed by atoms with van der Waals surface area (Å²) in [5, 5.41) is 0. The van der Waals surface area contributed by atoms with E-state index in [4.69, 9.17) is 19.2 Å². The van der Waals surface area contributed by atoms with Crippen LogP contribution in [0, 0.1) is 0 Å². The topological polar surface area (TPSA) is 48.8 Å². The highest BCUT2D eigenvalue weighted by atomic mass is 16.5. The van der Waals surface area contributed by atoms with Crippen LogP contribution in [0.5, 0.6) is 17.2 Å². The molecule has 0 saturated heterocycles. The van der Waals surface area contributed by atoms with Crippen molar-refractivity contribution in [3.63, 3.8) is 0 Å². The molecule has 6 nitrogen and oxygen atoms in total. The monoisotopic (exact) mass is 591 g/mol. The highest BCUT2D eigenvalue weighted by molar-refractivity contribution is 5.82. The minimum absolute atomic E-state index is 0.452. The molecule has 4 aromatic carbocycles. The maximum absolute atomic E-state index is 6.39. The fourth-order valence-corrected chi connectivity index (χ4v) is 5.32. The first-order valence-electron chi connectivity index (χ1n) is 16.0. The molecule has 0 atom stereocenters. The van der Waals surface area contributed by atoms with Crippen molar-refractivity contribution in [2.75, 3.05) is 26.2 Å². The lowest BCUT2D eigenvalue weighted by Gasteiger charge is -2.17. The number of benzene rings is 4. The molecule has 44 heavy (non-hydrogen) atoms. The normalized spacial score (nSPS) is 11.3. The van der Waals surface area contributed by atoms with Crippen molar-refractivity contribution in [1.82, 2.24) is 14.5 Å². The van der Waals surface area contributed by atoms with Crippen molar-refractivity contribution >= 4 is 11.0 Å². The third-order valence-corrected chi connectivity index (χ3v) is 7.91. The third kappa shape index (κ3) is 8.20. The molecule has 5 rings (SSSR count). The van der Waals surface area contributed by atoms with E-state index in [1.807, 2.05) is 48.5 Å². The maximum atomic E-state index is 6.39. The molecule has 5 aromatic rings. The van der Waals surface area contributed by atoms with Crippen LogP contribution < -0.4 is 14.2 Å². The van der Waals surface area contributed by atoms with E-state index in [0.717, 1.165) is 84.7 Å². The average molecular weight is 592 g/mol. The van der Waals surface area contributed by atoms with Crippen LogP contribution >= 0.6 is 0 Å². The van der Waals surface area contributed by atoms with Gasteiger partial charge in [0.1, 0.15) is 24.8 Å². The fourth-order valence-electron chi connectivity index (χ4n) is 5.32. The molecule has 0 spiro atoms. The number of fused-ring (bicyclic) bond motifs is 1. The van der Waals surface area contributed by atoms with Gasteiger partial charge >= 0.3 is 0 Å². The summed E-state index contributed by atoms with van der Waals surface area (Å²) in [5.74, 6) is 3.22. The Morgan fingerprint density at radius 2 is 1.36 bits per heavy atom. The molecule has 0 bridgehead atoms. The number of unbranched alkanes of at least 4 members (excludes halogenated alkanes) is 1. The van der Waals surface area contributed by atoms with Crippen LogP contribution in [0.25, 0.3) is 22.4 Å². The Balaban J connectivity index is 1.42. The minimum atomic E-state index is 0.452. The number of imidazole rings is 1. The Morgan fingerprint density at radius 3 is 2.02 bits per heavy atom. The van der Waals surface area contributed by atoms with E-state index in [9.17, 15) is 0 Å². The molecule has 0 aliphatic rings. The number of hydrogen-bond acceptors (Lipinski definition) is 5. The number of aromatic nitrogens is 2. The number of hydrogen-bond donors (Lipinski definition) is 0. The first-order chi connectivity index (χ1) is 21.7. The Labute approximate surface area is 262 Å². The summed E-state index contributed by atoms with van der Waals surface area (Å²) in [6.45, 7) is 12.3. The number of rotatable bonds is 17. The fraction of sp³-hybridized carbons (Fsp3) is 0.342. The van der Waals surface area contributed by atoms with E-state index in [0.29, 0.717) is 31.3 Å². The van der Waals surface area contributed by atoms with Crippen molar-refractivity contribution in [3.8, 4) is 28.6 Å². The largest absolute Gasteiger partial charge is 0.493 e. The van der Waals surface area contributed by atoms with Gasteiger partial charge in [0.05, 0.1) is 17.6 Å². The van der Waals surface area contributed by atoms with Gasteiger partial charge in [0.25, 0.3) is 0 Å². The van der Waals surface area contributed by atoms with Gasteiger partial charge in [-0.3, -0.25) is 0 Å². The molecule has 0 aliphatic heterocycles. The van der Waals surface area contributed by atoms with Gasteiger partial charge in [-0.05, 0) is 67.4 Å². The highest BCUT2D eigenvalue weighted by Crippen LogP contribution is 2.36. The molecular formula is C38H45N3O3. The van der Waals surface area contributed by atoms with Gasteiger partial charge in [0.2, 0.25) is 0 Å². The summed E-state index contributed by atoms with van der Waals surface area (Å²) in [6.07, 6.45) is 3.16. The zero-order valence-corrected chi connectivity index (χ0v) is 26.4. The van der Waals surface area contributed by atoms with E-state index in [1.54, 1.807) is 0 Å². The molecular weight excluding hydrogens is 546 g/mol. The maximum Gasteiger partial charge on any atom is 0.162 e. The molecule has 0 unspecified atom stereocenters. The predicted molar refractivity (Wildman–Crippen MR) is 180 cm³/mol. The molecule has 1 heterocycles. The first kappa shape index (κ1) is 31.1. The molecule has 6 heteroatoms. The molecule has 0 fully saturated rings. The lowest BCUT2D eigenvalue weighted by Crippen LogP contribution is -2.25. The lowest BCUT2D eigenvalue weighted by molar-refractivity contribution is 0.249. The Kier molecular flexibility index (Phi) is 11.3. The zero-order chi connectivity index (χ0) is 30.6. The predicted octanol–water partition coefficient (Wildman–Crippen LogP) is 8.77. The molecule has 0 saturated carbocycles. The van der Waals surface area contributed by atoms with Crippen molar-refractivity contribution < 1.29 is 14.2 Å². The second-order valence-corrected chi connectivity index (χ2v) is 11.0. The molecule has 0 amide bonds. The Morgan fingerprint density at radius 1 is 0.682 bits per heavy atom. The van der Waals surface area contributed by atoms with Gasteiger partial charge in [-0.1, -0.05) is 87.9 Å². The second-order valence-electron chi connectivity index (χ2n) is 11.0. The van der Waals surface area contributed by atoms with Crippen molar-refractivity contribution in [1.29, 1.82) is 0 Å². The number of ether oxygens (including phenoxy) is 3. The highest BCUT2D eigenvalue weighted by Gasteiger charge is 2.17. The average Bonchev–Trinajstić information content (AvgIpc) is 3.44.